The first-order chi connectivity index (χ1) is 5.43. The van der Waals surface area contributed by atoms with Gasteiger partial charge in [0, 0.05) is 8.58 Å². The van der Waals surface area contributed by atoms with E-state index in [4.69, 9.17) is 0 Å². The molecule has 0 aliphatic heterocycles. The molecule has 0 nitrogen and oxygen atoms in total. The average Bonchev–Trinajstić information content (AvgIpc) is 2.07. The fraction of sp³-hybridized carbons (Fsp3) is 0.400. The Morgan fingerprint density at radius 3 is 2.42 bits per heavy atom. The molecule has 2 heteroatoms. The fourth-order valence-corrected chi connectivity index (χ4v) is 2.50. The van der Waals surface area contributed by atoms with E-state index in [2.05, 4.69) is 37.3 Å². The summed E-state index contributed by atoms with van der Waals surface area (Å²) in [6.07, 6.45) is 4.14. The zero-order valence-corrected chi connectivity index (χ0v) is 10.2. The van der Waals surface area contributed by atoms with Crippen LogP contribution in [0.15, 0.2) is 30.3 Å². The Hall–Kier alpha value is 0.130. The van der Waals surface area contributed by atoms with Crippen LogP contribution in [0.5, 0.6) is 0 Å². The first kappa shape index (κ1) is 12.1. The van der Waals surface area contributed by atoms with Crippen LogP contribution < -0.4 is 22.3 Å². The van der Waals surface area contributed by atoms with E-state index in [1.807, 2.05) is 0 Å². The smallest absolute Gasteiger partial charge is 0.0889 e. The van der Waals surface area contributed by atoms with Crippen LogP contribution in [0.4, 0.5) is 0 Å². The van der Waals surface area contributed by atoms with Crippen LogP contribution in [-0.4, -0.2) is 6.16 Å². The summed E-state index contributed by atoms with van der Waals surface area (Å²) >= 11 is 0. The zero-order chi connectivity index (χ0) is 7.94. The van der Waals surface area contributed by atoms with E-state index < -0.39 is 0 Å². The Labute approximate surface area is 87.3 Å². The van der Waals surface area contributed by atoms with Gasteiger partial charge in [-0.05, 0) is 18.6 Å². The standard InChI is InChI=1S/C10H15P.BrH/c1-2-3-9-11-10-7-5-4-6-8-10;/h4-8,11H,2-3,9H2,1H3;1H. The first-order valence-corrected chi connectivity index (χ1v) is 5.71. The minimum absolute atomic E-state index is 0. The summed E-state index contributed by atoms with van der Waals surface area (Å²) < 4.78 is 0. The summed E-state index contributed by atoms with van der Waals surface area (Å²) in [5, 5.41) is 1.56. The van der Waals surface area contributed by atoms with Gasteiger partial charge in [-0.15, -0.1) is 0 Å². The Morgan fingerprint density at radius 2 is 1.83 bits per heavy atom. The van der Waals surface area contributed by atoms with Gasteiger partial charge in [0.25, 0.3) is 0 Å². The predicted octanol–water partition coefficient (Wildman–Crippen LogP) is -0.473. The number of hydrogen-bond acceptors (Lipinski definition) is 0. The molecule has 12 heavy (non-hydrogen) atoms. The average molecular weight is 247 g/mol. The molecule has 0 saturated heterocycles. The minimum atomic E-state index is 0. The van der Waals surface area contributed by atoms with Gasteiger partial charge in [-0.3, -0.25) is 0 Å². The molecular weight excluding hydrogens is 231 g/mol. The van der Waals surface area contributed by atoms with E-state index in [0.29, 0.717) is 8.58 Å². The van der Waals surface area contributed by atoms with Crippen molar-refractivity contribution >= 4 is 13.9 Å². The van der Waals surface area contributed by atoms with Crippen molar-refractivity contribution in [3.05, 3.63) is 30.3 Å². The minimum Gasteiger partial charge on any atom is -1.00 e. The zero-order valence-electron chi connectivity index (χ0n) is 7.46. The topological polar surface area (TPSA) is 0 Å². The maximum atomic E-state index is 2.25. The molecule has 0 spiro atoms. The molecule has 0 bridgehead atoms. The fourth-order valence-electron chi connectivity index (χ4n) is 1.06. The molecule has 0 aliphatic rings. The molecule has 0 N–H and O–H groups in total. The molecule has 0 aromatic heterocycles. The first-order valence-electron chi connectivity index (χ1n) is 4.31. The molecule has 1 aromatic rings. The molecule has 0 amide bonds. The summed E-state index contributed by atoms with van der Waals surface area (Å²) in [5.41, 5.74) is 0. The van der Waals surface area contributed by atoms with Crippen molar-refractivity contribution in [1.29, 1.82) is 0 Å². The highest BCUT2D eigenvalue weighted by molar-refractivity contribution is 7.47. The summed E-state index contributed by atoms with van der Waals surface area (Å²) in [4.78, 5) is 0. The van der Waals surface area contributed by atoms with Crippen LogP contribution in [0.1, 0.15) is 19.8 Å². The maximum Gasteiger partial charge on any atom is 0.0889 e. The lowest BCUT2D eigenvalue weighted by molar-refractivity contribution is -0.00000224. The highest BCUT2D eigenvalue weighted by Gasteiger charge is 1.96. The van der Waals surface area contributed by atoms with Crippen LogP contribution in [-0.2, 0) is 0 Å². The number of rotatable bonds is 4. The van der Waals surface area contributed by atoms with E-state index in [9.17, 15) is 0 Å². The lowest BCUT2D eigenvalue weighted by Gasteiger charge is -1.91. The van der Waals surface area contributed by atoms with Crippen molar-refractivity contribution in [1.82, 2.24) is 0 Å². The van der Waals surface area contributed by atoms with Gasteiger partial charge in [0.05, 0.1) is 11.5 Å². The van der Waals surface area contributed by atoms with Gasteiger partial charge in [0.2, 0.25) is 0 Å². The normalized spacial score (nSPS) is 10.1. The summed E-state index contributed by atoms with van der Waals surface area (Å²) in [6, 6.07) is 10.8. The predicted molar refractivity (Wildman–Crippen MR) is 55.6 cm³/mol. The lowest BCUT2D eigenvalue weighted by Crippen LogP contribution is -3.00. The monoisotopic (exact) mass is 246 g/mol. The summed E-state index contributed by atoms with van der Waals surface area (Å²) in [6.45, 7) is 2.25. The van der Waals surface area contributed by atoms with Crippen molar-refractivity contribution in [2.75, 3.05) is 6.16 Å². The Bertz CT molecular complexity index is 186. The highest BCUT2D eigenvalue weighted by Crippen LogP contribution is 2.11. The molecule has 0 aliphatic carbocycles. The molecule has 0 fully saturated rings. The van der Waals surface area contributed by atoms with Crippen molar-refractivity contribution in [3.8, 4) is 0 Å². The molecule has 0 radical (unpaired) electrons. The molecule has 68 valence electrons. The van der Waals surface area contributed by atoms with Crippen LogP contribution in [0, 0.1) is 0 Å². The second kappa shape index (κ2) is 7.76. The van der Waals surface area contributed by atoms with Gasteiger partial charge < -0.3 is 17.0 Å². The molecule has 0 heterocycles. The third-order valence-electron chi connectivity index (χ3n) is 1.74. The molecule has 0 saturated carbocycles. The second-order valence-electron chi connectivity index (χ2n) is 2.76. The van der Waals surface area contributed by atoms with Gasteiger partial charge in [0.15, 0.2) is 0 Å². The Kier molecular flexibility index (Phi) is 7.85. The number of halogens is 1. The van der Waals surface area contributed by atoms with E-state index >= 15 is 0 Å². The lowest BCUT2D eigenvalue weighted by atomic mass is 10.4. The SMILES string of the molecule is CCCC[PH2+]c1ccccc1.[Br-]. The molecule has 1 atom stereocenters. The molecule has 1 unspecified atom stereocenters. The second-order valence-corrected chi connectivity index (χ2v) is 4.41. The van der Waals surface area contributed by atoms with Crippen molar-refractivity contribution in [2.24, 2.45) is 0 Å². The van der Waals surface area contributed by atoms with Crippen molar-refractivity contribution in [3.63, 3.8) is 0 Å². The van der Waals surface area contributed by atoms with Crippen LogP contribution in [0.25, 0.3) is 0 Å². The number of unbranched alkanes of at least 4 members (excludes halogenated alkanes) is 1. The number of benzene rings is 1. The van der Waals surface area contributed by atoms with Gasteiger partial charge in [-0.1, -0.05) is 31.5 Å². The summed E-state index contributed by atoms with van der Waals surface area (Å²) in [5.74, 6) is 0. The Morgan fingerprint density at radius 1 is 1.17 bits per heavy atom. The van der Waals surface area contributed by atoms with Gasteiger partial charge in [-0.2, -0.15) is 0 Å². The van der Waals surface area contributed by atoms with E-state index in [0.717, 1.165) is 0 Å². The molecular formula is C10H16BrP. The van der Waals surface area contributed by atoms with Gasteiger partial charge >= 0.3 is 0 Å². The highest BCUT2D eigenvalue weighted by atomic mass is 79.9. The maximum absolute atomic E-state index is 2.25. The molecule has 1 aromatic carbocycles. The molecule has 1 rings (SSSR count). The van der Waals surface area contributed by atoms with E-state index in [-0.39, 0.29) is 17.0 Å². The van der Waals surface area contributed by atoms with Gasteiger partial charge in [-0.25, -0.2) is 0 Å². The third-order valence-corrected chi connectivity index (χ3v) is 3.29. The summed E-state index contributed by atoms with van der Waals surface area (Å²) in [7, 11) is 0.544. The van der Waals surface area contributed by atoms with Crippen LogP contribution in [0.2, 0.25) is 0 Å². The van der Waals surface area contributed by atoms with E-state index in [1.54, 1.807) is 5.30 Å². The van der Waals surface area contributed by atoms with Gasteiger partial charge in [0.1, 0.15) is 0 Å². The van der Waals surface area contributed by atoms with Crippen LogP contribution >= 0.6 is 8.58 Å². The van der Waals surface area contributed by atoms with Crippen molar-refractivity contribution < 1.29 is 17.0 Å². The van der Waals surface area contributed by atoms with Crippen LogP contribution in [0.3, 0.4) is 0 Å². The Balaban J connectivity index is 0.00000121. The van der Waals surface area contributed by atoms with E-state index in [1.165, 1.54) is 19.0 Å². The van der Waals surface area contributed by atoms with Crippen molar-refractivity contribution in [2.45, 2.75) is 19.8 Å². The number of hydrogen-bond donors (Lipinski definition) is 0. The largest absolute Gasteiger partial charge is 1.00 e. The quantitative estimate of drug-likeness (QED) is 0.498. The third kappa shape index (κ3) is 4.90.